The van der Waals surface area contributed by atoms with Crippen molar-refractivity contribution in [2.24, 2.45) is 11.7 Å². The van der Waals surface area contributed by atoms with Crippen LogP contribution in [-0.4, -0.2) is 38.2 Å². The van der Waals surface area contributed by atoms with E-state index in [1.807, 2.05) is 19.1 Å². The molecule has 0 saturated heterocycles. The van der Waals surface area contributed by atoms with E-state index in [-0.39, 0.29) is 11.4 Å². The van der Waals surface area contributed by atoms with Crippen LogP contribution < -0.4 is 11.1 Å². The summed E-state index contributed by atoms with van der Waals surface area (Å²) < 4.78 is 1.54. The molecule has 1 atom stereocenters. The zero-order chi connectivity index (χ0) is 14.9. The molecule has 1 aliphatic carbocycles. The lowest BCUT2D eigenvalue weighted by molar-refractivity contribution is 0.0898. The molecule has 3 rings (SSSR count). The fourth-order valence-corrected chi connectivity index (χ4v) is 2.42. The number of carbonyl (C=O) groups is 1. The number of amides is 1. The number of carbonyl (C=O) groups excluding carboxylic acids is 1. The van der Waals surface area contributed by atoms with Gasteiger partial charge >= 0.3 is 0 Å². The Bertz CT molecular complexity index is 619. The minimum absolute atomic E-state index is 0.0990. The molecule has 2 aromatic rings. The Morgan fingerprint density at radius 1 is 1.43 bits per heavy atom. The first-order chi connectivity index (χ1) is 10.1. The zero-order valence-electron chi connectivity index (χ0n) is 11.9. The smallest absolute Gasteiger partial charge is 0.251 e. The molecule has 0 radical (unpaired) electrons. The molecule has 1 amide bonds. The molecule has 3 N–H and O–H groups in total. The average Bonchev–Trinajstić information content (AvgIpc) is 3.23. The first-order valence-corrected chi connectivity index (χ1v) is 6.98. The van der Waals surface area contributed by atoms with Crippen LogP contribution in [0.3, 0.4) is 0 Å². The van der Waals surface area contributed by atoms with Crippen molar-refractivity contribution < 1.29 is 4.79 Å². The minimum atomic E-state index is -0.314. The van der Waals surface area contributed by atoms with Crippen molar-refractivity contribution in [1.29, 1.82) is 0 Å². The monoisotopic (exact) mass is 286 g/mol. The van der Waals surface area contributed by atoms with Crippen LogP contribution in [0.2, 0.25) is 0 Å². The van der Waals surface area contributed by atoms with Crippen LogP contribution in [0, 0.1) is 5.92 Å². The molecule has 0 spiro atoms. The second-order valence-corrected chi connectivity index (χ2v) is 5.65. The van der Waals surface area contributed by atoms with Gasteiger partial charge in [0, 0.05) is 12.1 Å². The largest absolute Gasteiger partial charge is 0.345 e. The van der Waals surface area contributed by atoms with E-state index in [0.29, 0.717) is 18.0 Å². The van der Waals surface area contributed by atoms with Crippen molar-refractivity contribution >= 4 is 5.91 Å². The van der Waals surface area contributed by atoms with E-state index in [1.54, 1.807) is 12.1 Å². The third-order valence-corrected chi connectivity index (χ3v) is 4.04. The summed E-state index contributed by atoms with van der Waals surface area (Å²) in [6, 6.07) is 7.14. The summed E-state index contributed by atoms with van der Waals surface area (Å²) in [5.74, 6) is 0.394. The molecule has 1 aromatic carbocycles. The molecule has 1 saturated carbocycles. The first kappa shape index (κ1) is 13.7. The number of benzene rings is 1. The number of aromatic nitrogens is 4. The maximum Gasteiger partial charge on any atom is 0.251 e. The molecule has 110 valence electrons. The topological polar surface area (TPSA) is 98.7 Å². The summed E-state index contributed by atoms with van der Waals surface area (Å²) in [5, 5.41) is 14.0. The number of nitrogens with two attached hydrogens (primary N) is 1. The van der Waals surface area contributed by atoms with Gasteiger partial charge in [0.2, 0.25) is 0 Å². The SMILES string of the molecule is CC(CN)(NC(=O)c1ccc(-n2cnnn2)cc1)C1CC1. The molecule has 7 nitrogen and oxygen atoms in total. The number of hydrogen-bond donors (Lipinski definition) is 2. The van der Waals surface area contributed by atoms with E-state index < -0.39 is 0 Å². The fourth-order valence-electron chi connectivity index (χ4n) is 2.42. The van der Waals surface area contributed by atoms with Crippen molar-refractivity contribution in [3.63, 3.8) is 0 Å². The Balaban J connectivity index is 1.73. The molecular formula is C14H18N6O. The molecule has 1 unspecified atom stereocenters. The summed E-state index contributed by atoms with van der Waals surface area (Å²) >= 11 is 0. The Morgan fingerprint density at radius 3 is 2.67 bits per heavy atom. The van der Waals surface area contributed by atoms with Crippen LogP contribution >= 0.6 is 0 Å². The molecule has 1 aliphatic rings. The standard InChI is InChI=1S/C14H18N6O/c1-14(8-15,11-4-5-11)17-13(21)10-2-6-12(7-3-10)20-9-16-18-19-20/h2-3,6-7,9,11H,4-5,8,15H2,1H3,(H,17,21). The Kier molecular flexibility index (Phi) is 3.42. The number of nitrogens with one attached hydrogen (secondary N) is 1. The van der Waals surface area contributed by atoms with E-state index in [9.17, 15) is 4.79 Å². The van der Waals surface area contributed by atoms with Gasteiger partial charge < -0.3 is 11.1 Å². The highest BCUT2D eigenvalue weighted by molar-refractivity contribution is 5.94. The number of rotatable bonds is 5. The van der Waals surface area contributed by atoms with Gasteiger partial charge in [0.1, 0.15) is 6.33 Å². The highest BCUT2D eigenvalue weighted by Gasteiger charge is 2.41. The van der Waals surface area contributed by atoms with Crippen LogP contribution in [0.25, 0.3) is 5.69 Å². The molecule has 0 bridgehead atoms. The maximum atomic E-state index is 12.3. The number of tetrazole rings is 1. The lowest BCUT2D eigenvalue weighted by Gasteiger charge is -2.29. The second-order valence-electron chi connectivity index (χ2n) is 5.65. The molecule has 0 aliphatic heterocycles. The van der Waals surface area contributed by atoms with Crippen LogP contribution in [0.4, 0.5) is 0 Å². The minimum Gasteiger partial charge on any atom is -0.345 e. The van der Waals surface area contributed by atoms with Crippen molar-refractivity contribution in [3.8, 4) is 5.69 Å². The normalized spacial score (nSPS) is 17.2. The predicted molar refractivity (Wildman–Crippen MR) is 76.8 cm³/mol. The third kappa shape index (κ3) is 2.78. The van der Waals surface area contributed by atoms with E-state index in [0.717, 1.165) is 18.5 Å². The van der Waals surface area contributed by atoms with Gasteiger partial charge in [-0.05, 0) is 60.4 Å². The molecule has 21 heavy (non-hydrogen) atoms. The van der Waals surface area contributed by atoms with Gasteiger partial charge in [-0.3, -0.25) is 4.79 Å². The fraction of sp³-hybridized carbons (Fsp3) is 0.429. The van der Waals surface area contributed by atoms with Crippen LogP contribution in [0.15, 0.2) is 30.6 Å². The predicted octanol–water partition coefficient (Wildman–Crippen LogP) is 0.519. The lowest BCUT2D eigenvalue weighted by Crippen LogP contribution is -2.53. The van der Waals surface area contributed by atoms with E-state index >= 15 is 0 Å². The van der Waals surface area contributed by atoms with Gasteiger partial charge in [-0.1, -0.05) is 0 Å². The summed E-state index contributed by atoms with van der Waals surface area (Å²) in [5.41, 5.74) is 6.92. The summed E-state index contributed by atoms with van der Waals surface area (Å²) in [6.45, 7) is 2.46. The Labute approximate surface area is 122 Å². The van der Waals surface area contributed by atoms with Crippen molar-refractivity contribution in [2.45, 2.75) is 25.3 Å². The van der Waals surface area contributed by atoms with Crippen LogP contribution in [0.5, 0.6) is 0 Å². The Hall–Kier alpha value is -2.28. The summed E-state index contributed by atoms with van der Waals surface area (Å²) in [4.78, 5) is 12.3. The first-order valence-electron chi connectivity index (χ1n) is 6.98. The highest BCUT2D eigenvalue weighted by Crippen LogP contribution is 2.39. The van der Waals surface area contributed by atoms with Gasteiger partial charge in [-0.25, -0.2) is 4.68 Å². The van der Waals surface area contributed by atoms with E-state index in [2.05, 4.69) is 20.8 Å². The van der Waals surface area contributed by atoms with E-state index in [4.69, 9.17) is 5.73 Å². The van der Waals surface area contributed by atoms with Gasteiger partial charge in [-0.2, -0.15) is 0 Å². The lowest BCUT2D eigenvalue weighted by atomic mass is 9.95. The average molecular weight is 286 g/mol. The number of hydrogen-bond acceptors (Lipinski definition) is 5. The zero-order valence-corrected chi connectivity index (χ0v) is 11.9. The summed E-state index contributed by atoms with van der Waals surface area (Å²) in [6.07, 6.45) is 3.77. The van der Waals surface area contributed by atoms with Crippen molar-refractivity contribution in [1.82, 2.24) is 25.5 Å². The van der Waals surface area contributed by atoms with Gasteiger partial charge in [-0.15, -0.1) is 5.10 Å². The molecule has 1 fully saturated rings. The number of nitrogens with zero attached hydrogens (tertiary/aromatic N) is 4. The van der Waals surface area contributed by atoms with Crippen molar-refractivity contribution in [2.75, 3.05) is 6.54 Å². The second kappa shape index (κ2) is 5.25. The van der Waals surface area contributed by atoms with Gasteiger partial charge in [0.15, 0.2) is 0 Å². The molecule has 1 aromatic heterocycles. The van der Waals surface area contributed by atoms with Crippen LogP contribution in [-0.2, 0) is 0 Å². The third-order valence-electron chi connectivity index (χ3n) is 4.04. The maximum absolute atomic E-state index is 12.3. The molecule has 1 heterocycles. The Morgan fingerprint density at radius 2 is 2.14 bits per heavy atom. The molecule has 7 heteroatoms. The van der Waals surface area contributed by atoms with Gasteiger partial charge in [0.05, 0.1) is 11.2 Å². The van der Waals surface area contributed by atoms with Gasteiger partial charge in [0.25, 0.3) is 5.91 Å². The molecular weight excluding hydrogens is 268 g/mol. The highest BCUT2D eigenvalue weighted by atomic mass is 16.1. The summed E-state index contributed by atoms with van der Waals surface area (Å²) in [7, 11) is 0. The van der Waals surface area contributed by atoms with Crippen molar-refractivity contribution in [3.05, 3.63) is 36.2 Å². The quantitative estimate of drug-likeness (QED) is 0.835. The van der Waals surface area contributed by atoms with Crippen LogP contribution in [0.1, 0.15) is 30.1 Å². The van der Waals surface area contributed by atoms with E-state index in [1.165, 1.54) is 11.0 Å².